The molecule has 112 valence electrons. The molecular formula is C17H15NO3S. The molecule has 4 nitrogen and oxygen atoms in total. The molecule has 2 heterocycles. The molecule has 1 aliphatic rings. The summed E-state index contributed by atoms with van der Waals surface area (Å²) in [6, 6.07) is 7.77. The Balaban J connectivity index is 1.55. The quantitative estimate of drug-likeness (QED) is 0.604. The maximum absolute atomic E-state index is 5.34. The Kier molecular flexibility index (Phi) is 4.65. The molecular weight excluding hydrogens is 298 g/mol. The Morgan fingerprint density at radius 2 is 1.82 bits per heavy atom. The van der Waals surface area contributed by atoms with E-state index in [2.05, 4.69) is 5.16 Å². The Labute approximate surface area is 133 Å². The lowest BCUT2D eigenvalue weighted by Gasteiger charge is -1.96. The average Bonchev–Trinajstić information content (AvgIpc) is 3.19. The molecule has 0 amide bonds. The van der Waals surface area contributed by atoms with Crippen LogP contribution >= 0.6 is 11.8 Å². The molecule has 0 spiro atoms. The van der Waals surface area contributed by atoms with Gasteiger partial charge in [0.1, 0.15) is 5.03 Å². The van der Waals surface area contributed by atoms with E-state index in [1.165, 1.54) is 0 Å². The summed E-state index contributed by atoms with van der Waals surface area (Å²) in [5.41, 5.74) is 1.07. The van der Waals surface area contributed by atoms with E-state index in [1.54, 1.807) is 11.8 Å². The van der Waals surface area contributed by atoms with Gasteiger partial charge in [-0.2, -0.15) is 0 Å². The number of hydrogen-bond donors (Lipinski definition) is 0. The van der Waals surface area contributed by atoms with Crippen molar-refractivity contribution >= 4 is 23.9 Å². The summed E-state index contributed by atoms with van der Waals surface area (Å²) in [4.78, 5) is 0. The van der Waals surface area contributed by atoms with Crippen molar-refractivity contribution in [1.29, 1.82) is 0 Å². The molecule has 0 bridgehead atoms. The molecule has 22 heavy (non-hydrogen) atoms. The van der Waals surface area contributed by atoms with Crippen LogP contribution in [0.15, 0.2) is 58.1 Å². The first kappa shape index (κ1) is 14.5. The third-order valence-corrected chi connectivity index (χ3v) is 3.61. The Morgan fingerprint density at radius 1 is 1.00 bits per heavy atom. The molecule has 5 heteroatoms. The van der Waals surface area contributed by atoms with Crippen LogP contribution < -0.4 is 9.47 Å². The highest BCUT2D eigenvalue weighted by Gasteiger charge is 2.11. The van der Waals surface area contributed by atoms with Crippen LogP contribution in [0.5, 0.6) is 11.5 Å². The number of rotatable bonds is 5. The topological polar surface area (TPSA) is 44.5 Å². The third-order valence-electron chi connectivity index (χ3n) is 3.00. The molecule has 1 aromatic carbocycles. The van der Waals surface area contributed by atoms with Crippen LogP contribution in [0.4, 0.5) is 0 Å². The van der Waals surface area contributed by atoms with E-state index in [1.807, 2.05) is 67.0 Å². The second kappa shape index (κ2) is 7.04. The van der Waals surface area contributed by atoms with Gasteiger partial charge in [-0.25, -0.2) is 0 Å². The van der Waals surface area contributed by atoms with Crippen molar-refractivity contribution in [2.24, 2.45) is 0 Å². The monoisotopic (exact) mass is 313 g/mol. The highest BCUT2D eigenvalue weighted by molar-refractivity contribution is 7.98. The number of fused-ring (bicyclic) bond motifs is 1. The van der Waals surface area contributed by atoms with Gasteiger partial charge in [-0.1, -0.05) is 41.6 Å². The van der Waals surface area contributed by atoms with Crippen molar-refractivity contribution in [3.8, 4) is 11.5 Å². The van der Waals surface area contributed by atoms with Crippen LogP contribution in [-0.2, 0) is 0 Å². The fourth-order valence-electron chi connectivity index (χ4n) is 1.91. The van der Waals surface area contributed by atoms with Crippen molar-refractivity contribution in [1.82, 2.24) is 5.16 Å². The van der Waals surface area contributed by atoms with E-state index in [0.717, 1.165) is 27.8 Å². The van der Waals surface area contributed by atoms with E-state index >= 15 is 0 Å². The first-order valence-corrected chi connectivity index (χ1v) is 7.99. The van der Waals surface area contributed by atoms with E-state index in [4.69, 9.17) is 14.0 Å². The van der Waals surface area contributed by atoms with Crippen molar-refractivity contribution in [3.05, 3.63) is 59.9 Å². The summed E-state index contributed by atoms with van der Waals surface area (Å²) in [7, 11) is 0. The fourth-order valence-corrected chi connectivity index (χ4v) is 2.25. The summed E-state index contributed by atoms with van der Waals surface area (Å²) in [5.74, 6) is 2.34. The van der Waals surface area contributed by atoms with Gasteiger partial charge in [-0.3, -0.25) is 0 Å². The first-order valence-electron chi connectivity index (χ1n) is 6.77. The van der Waals surface area contributed by atoms with Crippen molar-refractivity contribution in [2.45, 2.75) is 5.03 Å². The lowest BCUT2D eigenvalue weighted by molar-refractivity contribution is 0.174. The van der Waals surface area contributed by atoms with Gasteiger partial charge in [-0.05, 0) is 30.0 Å². The number of thioether (sulfide) groups is 1. The Morgan fingerprint density at radius 3 is 2.64 bits per heavy atom. The van der Waals surface area contributed by atoms with Gasteiger partial charge in [0, 0.05) is 6.07 Å². The summed E-state index contributed by atoms with van der Waals surface area (Å²) in [5, 5.41) is 4.78. The van der Waals surface area contributed by atoms with Crippen molar-refractivity contribution in [2.75, 3.05) is 13.0 Å². The molecule has 0 unspecified atom stereocenters. The molecule has 2 aromatic rings. The van der Waals surface area contributed by atoms with Gasteiger partial charge in [0.25, 0.3) is 0 Å². The zero-order chi connectivity index (χ0) is 15.2. The normalized spacial score (nSPS) is 13.9. The van der Waals surface area contributed by atoms with Crippen LogP contribution in [-0.4, -0.2) is 18.2 Å². The van der Waals surface area contributed by atoms with Crippen LogP contribution in [0.3, 0.4) is 0 Å². The number of nitrogens with zero attached hydrogens (tertiary/aromatic N) is 1. The zero-order valence-corrected chi connectivity index (χ0v) is 12.9. The second-order valence-electron chi connectivity index (χ2n) is 4.49. The van der Waals surface area contributed by atoms with Gasteiger partial charge < -0.3 is 14.0 Å². The highest BCUT2D eigenvalue weighted by Crippen LogP contribution is 2.32. The third kappa shape index (κ3) is 3.62. The lowest BCUT2D eigenvalue weighted by Crippen LogP contribution is -1.92. The predicted octanol–water partition coefficient (Wildman–Crippen LogP) is 4.41. The van der Waals surface area contributed by atoms with Gasteiger partial charge in [-0.15, -0.1) is 11.8 Å². The number of ether oxygens (including phenoxy) is 2. The summed E-state index contributed by atoms with van der Waals surface area (Å²) < 4.78 is 15.8. The summed E-state index contributed by atoms with van der Waals surface area (Å²) in [6.07, 6.45) is 13.6. The van der Waals surface area contributed by atoms with Crippen LogP contribution in [0.1, 0.15) is 11.3 Å². The zero-order valence-electron chi connectivity index (χ0n) is 12.1. The highest BCUT2D eigenvalue weighted by atomic mass is 32.2. The largest absolute Gasteiger partial charge is 0.454 e. The summed E-state index contributed by atoms with van der Waals surface area (Å²) in [6.45, 7) is 0.299. The van der Waals surface area contributed by atoms with Gasteiger partial charge in [0.05, 0.1) is 0 Å². The molecule has 0 aliphatic carbocycles. The van der Waals surface area contributed by atoms with Crippen LogP contribution in [0, 0.1) is 0 Å². The smallest absolute Gasteiger partial charge is 0.231 e. The Bertz CT molecular complexity index is 731. The summed E-state index contributed by atoms with van der Waals surface area (Å²) >= 11 is 1.56. The van der Waals surface area contributed by atoms with E-state index < -0.39 is 0 Å². The number of aromatic nitrogens is 1. The Hall–Kier alpha value is -2.40. The maximum atomic E-state index is 5.34. The second-order valence-corrected chi connectivity index (χ2v) is 5.31. The standard InChI is InChI=1S/C17H15NO3S/c1-22-17-11-14(21-18-17)7-5-3-2-4-6-13-8-9-15-16(10-13)20-12-19-15/h2-11H,12H2,1H3/b3-2+,6-4+,7-5+. The number of allylic oxidation sites excluding steroid dienone is 4. The van der Waals surface area contributed by atoms with E-state index in [9.17, 15) is 0 Å². The minimum absolute atomic E-state index is 0.299. The predicted molar refractivity (Wildman–Crippen MR) is 88.1 cm³/mol. The molecule has 1 aliphatic heterocycles. The van der Waals surface area contributed by atoms with Gasteiger partial charge in [0.2, 0.25) is 6.79 Å². The van der Waals surface area contributed by atoms with Gasteiger partial charge in [0.15, 0.2) is 17.3 Å². The fraction of sp³-hybridized carbons (Fsp3) is 0.118. The minimum Gasteiger partial charge on any atom is -0.454 e. The molecule has 0 atom stereocenters. The minimum atomic E-state index is 0.299. The molecule has 0 N–H and O–H groups in total. The molecule has 0 fully saturated rings. The number of hydrogen-bond acceptors (Lipinski definition) is 5. The van der Waals surface area contributed by atoms with Crippen molar-refractivity contribution in [3.63, 3.8) is 0 Å². The maximum Gasteiger partial charge on any atom is 0.231 e. The SMILES string of the molecule is CSc1cc(/C=C/C=C/C=C/c2ccc3c(c2)OCO3)on1. The van der Waals surface area contributed by atoms with Crippen molar-refractivity contribution < 1.29 is 14.0 Å². The molecule has 0 radical (unpaired) electrons. The van der Waals surface area contributed by atoms with Gasteiger partial charge >= 0.3 is 0 Å². The molecule has 0 saturated carbocycles. The lowest BCUT2D eigenvalue weighted by atomic mass is 10.2. The molecule has 1 aromatic heterocycles. The molecule has 3 rings (SSSR count). The average molecular weight is 313 g/mol. The first-order chi connectivity index (χ1) is 10.8. The van der Waals surface area contributed by atoms with E-state index in [-0.39, 0.29) is 0 Å². The van der Waals surface area contributed by atoms with Crippen LogP contribution in [0.2, 0.25) is 0 Å². The van der Waals surface area contributed by atoms with Crippen LogP contribution in [0.25, 0.3) is 12.2 Å². The molecule has 0 saturated heterocycles. The number of benzene rings is 1. The van der Waals surface area contributed by atoms with E-state index in [0.29, 0.717) is 6.79 Å².